The maximum Gasteiger partial charge on any atom is 0.123 e. The number of hydrogen-bond donors (Lipinski definition) is 3. The van der Waals surface area contributed by atoms with Crippen LogP contribution in [0.2, 0.25) is 0 Å². The summed E-state index contributed by atoms with van der Waals surface area (Å²) < 4.78 is 13.5. The van der Waals surface area contributed by atoms with E-state index in [-0.39, 0.29) is 5.82 Å². The minimum absolute atomic E-state index is 0.242. The Hall–Kier alpha value is -4.36. The van der Waals surface area contributed by atoms with Crippen LogP contribution in [0.25, 0.3) is 55.6 Å². The molecule has 2 aromatic carbocycles. The zero-order chi connectivity index (χ0) is 26.2. The molecule has 0 atom stereocenters. The zero-order valence-electron chi connectivity index (χ0n) is 21.5. The van der Waals surface area contributed by atoms with Gasteiger partial charge in [0.1, 0.15) is 11.5 Å². The van der Waals surface area contributed by atoms with Crippen LogP contribution in [0.15, 0.2) is 79.3 Å². The molecular weight excluding hydrogens is 487 g/mol. The number of nitrogens with one attached hydrogen (secondary N) is 3. The predicted octanol–water partition coefficient (Wildman–Crippen LogP) is 7.25. The molecule has 0 aliphatic heterocycles. The predicted molar refractivity (Wildman–Crippen MR) is 153 cm³/mol. The molecule has 39 heavy (non-hydrogen) atoms. The second-order valence-corrected chi connectivity index (χ2v) is 10.5. The van der Waals surface area contributed by atoms with Crippen LogP contribution in [0, 0.1) is 11.7 Å². The molecular formula is C32H29FN6. The SMILES string of the molecule is Fc1ccc(-c2cccc3[nH]c(-c4n[nH]c5cnc(-c6cncc(CNCC7CCCC7)c6)cc45)cc23)cc1. The maximum absolute atomic E-state index is 13.5. The third-order valence-corrected chi connectivity index (χ3v) is 7.85. The standard InChI is InChI=1S/C32H29FN6/c33-24-10-8-22(9-11-24)25-6-3-7-28-26(25)13-30(37-28)32-27-14-29(36-19-31(27)38-39-32)23-12-21(17-35-18-23)16-34-15-20-4-1-2-5-20/h3,6-14,17-20,34,37H,1-2,4-5,15-16H2,(H,38,39). The van der Waals surface area contributed by atoms with E-state index in [4.69, 9.17) is 4.98 Å². The number of halogens is 1. The molecule has 0 amide bonds. The number of H-pyrrole nitrogens is 2. The van der Waals surface area contributed by atoms with Crippen LogP contribution in [0.5, 0.6) is 0 Å². The number of pyridine rings is 2. The van der Waals surface area contributed by atoms with E-state index in [0.29, 0.717) is 0 Å². The fourth-order valence-electron chi connectivity index (χ4n) is 5.80. The molecule has 1 fully saturated rings. The number of rotatable bonds is 7. The molecule has 0 radical (unpaired) electrons. The summed E-state index contributed by atoms with van der Waals surface area (Å²) in [5.74, 6) is 0.565. The number of nitrogens with zero attached hydrogens (tertiary/aromatic N) is 3. The van der Waals surface area contributed by atoms with Gasteiger partial charge in [-0.1, -0.05) is 37.1 Å². The van der Waals surface area contributed by atoms with Crippen LogP contribution in [-0.2, 0) is 6.54 Å². The maximum atomic E-state index is 13.5. The second kappa shape index (κ2) is 10.1. The lowest BCUT2D eigenvalue weighted by atomic mass is 10.0. The van der Waals surface area contributed by atoms with E-state index < -0.39 is 0 Å². The van der Waals surface area contributed by atoms with E-state index in [9.17, 15) is 4.39 Å². The lowest BCUT2D eigenvalue weighted by molar-refractivity contribution is 0.489. The number of aromatic amines is 2. The van der Waals surface area contributed by atoms with Crippen LogP contribution in [-0.4, -0.2) is 31.7 Å². The second-order valence-electron chi connectivity index (χ2n) is 10.5. The molecule has 0 saturated heterocycles. The monoisotopic (exact) mass is 516 g/mol. The van der Waals surface area contributed by atoms with E-state index in [1.807, 2.05) is 42.9 Å². The van der Waals surface area contributed by atoms with Gasteiger partial charge < -0.3 is 10.3 Å². The van der Waals surface area contributed by atoms with Gasteiger partial charge in [-0.25, -0.2) is 4.39 Å². The van der Waals surface area contributed by atoms with Gasteiger partial charge in [-0.15, -0.1) is 0 Å². The highest BCUT2D eigenvalue weighted by Gasteiger charge is 2.16. The first-order valence-electron chi connectivity index (χ1n) is 13.6. The van der Waals surface area contributed by atoms with Crippen molar-refractivity contribution in [2.24, 2.45) is 5.92 Å². The molecule has 4 aromatic heterocycles. The third kappa shape index (κ3) is 4.70. The molecule has 0 spiro atoms. The van der Waals surface area contributed by atoms with Crippen molar-refractivity contribution in [1.82, 2.24) is 30.5 Å². The van der Waals surface area contributed by atoms with Crippen molar-refractivity contribution in [3.63, 3.8) is 0 Å². The van der Waals surface area contributed by atoms with Gasteiger partial charge in [0.25, 0.3) is 0 Å². The Kier molecular flexibility index (Phi) is 6.13. The highest BCUT2D eigenvalue weighted by Crippen LogP contribution is 2.35. The number of benzene rings is 2. The van der Waals surface area contributed by atoms with Gasteiger partial charge in [-0.2, -0.15) is 5.10 Å². The van der Waals surface area contributed by atoms with E-state index in [1.54, 1.807) is 0 Å². The molecule has 0 bridgehead atoms. The molecule has 1 saturated carbocycles. The molecule has 6 aromatic rings. The summed E-state index contributed by atoms with van der Waals surface area (Å²) >= 11 is 0. The molecule has 4 heterocycles. The summed E-state index contributed by atoms with van der Waals surface area (Å²) in [6, 6.07) is 19.1. The Morgan fingerprint density at radius 1 is 0.872 bits per heavy atom. The Morgan fingerprint density at radius 3 is 2.62 bits per heavy atom. The van der Waals surface area contributed by atoms with Crippen molar-refractivity contribution in [2.45, 2.75) is 32.2 Å². The minimum atomic E-state index is -0.242. The van der Waals surface area contributed by atoms with Crippen molar-refractivity contribution in [2.75, 3.05) is 6.54 Å². The van der Waals surface area contributed by atoms with E-state index in [0.717, 1.165) is 80.1 Å². The Bertz CT molecular complexity index is 1760. The van der Waals surface area contributed by atoms with Gasteiger partial charge >= 0.3 is 0 Å². The van der Waals surface area contributed by atoms with Crippen molar-refractivity contribution < 1.29 is 4.39 Å². The van der Waals surface area contributed by atoms with Crippen molar-refractivity contribution in [3.05, 3.63) is 90.6 Å². The average Bonchev–Trinajstić information content (AvgIpc) is 3.73. The van der Waals surface area contributed by atoms with Crippen LogP contribution in [0.3, 0.4) is 0 Å². The Morgan fingerprint density at radius 2 is 1.74 bits per heavy atom. The number of fused-ring (bicyclic) bond motifs is 2. The summed E-state index contributed by atoms with van der Waals surface area (Å²) in [4.78, 5) is 12.7. The fourth-order valence-corrected chi connectivity index (χ4v) is 5.80. The lowest BCUT2D eigenvalue weighted by Crippen LogP contribution is -2.20. The van der Waals surface area contributed by atoms with Crippen LogP contribution >= 0.6 is 0 Å². The summed E-state index contributed by atoms with van der Waals surface area (Å²) in [5, 5.41) is 13.4. The normalized spacial score (nSPS) is 14.1. The molecule has 1 aliphatic carbocycles. The highest BCUT2D eigenvalue weighted by atomic mass is 19.1. The summed E-state index contributed by atoms with van der Waals surface area (Å²) in [6.07, 6.45) is 11.0. The van der Waals surface area contributed by atoms with Gasteiger partial charge in [0.15, 0.2) is 0 Å². The largest absolute Gasteiger partial charge is 0.353 e. The molecule has 7 heteroatoms. The van der Waals surface area contributed by atoms with Crippen LogP contribution in [0.1, 0.15) is 31.2 Å². The zero-order valence-corrected chi connectivity index (χ0v) is 21.5. The smallest absolute Gasteiger partial charge is 0.123 e. The molecule has 194 valence electrons. The Balaban J connectivity index is 1.20. The number of hydrogen-bond acceptors (Lipinski definition) is 4. The van der Waals surface area contributed by atoms with Crippen molar-refractivity contribution in [3.8, 4) is 33.8 Å². The summed E-state index contributed by atoms with van der Waals surface area (Å²) in [6.45, 7) is 1.88. The van der Waals surface area contributed by atoms with Gasteiger partial charge in [0, 0.05) is 40.8 Å². The topological polar surface area (TPSA) is 82.3 Å². The summed E-state index contributed by atoms with van der Waals surface area (Å²) in [7, 11) is 0. The van der Waals surface area contributed by atoms with E-state index >= 15 is 0 Å². The molecule has 7 rings (SSSR count). The van der Waals surface area contributed by atoms with Gasteiger partial charge in [-0.3, -0.25) is 15.1 Å². The molecule has 6 nitrogen and oxygen atoms in total. The molecule has 0 unspecified atom stereocenters. The number of aromatic nitrogens is 5. The first kappa shape index (κ1) is 23.7. The Labute approximate surface area is 225 Å². The molecule has 3 N–H and O–H groups in total. The molecule has 1 aliphatic rings. The van der Waals surface area contributed by atoms with E-state index in [2.05, 4.69) is 49.7 Å². The van der Waals surface area contributed by atoms with Crippen molar-refractivity contribution >= 4 is 21.8 Å². The summed E-state index contributed by atoms with van der Waals surface area (Å²) in [5.41, 5.74) is 8.62. The van der Waals surface area contributed by atoms with Crippen molar-refractivity contribution in [1.29, 1.82) is 0 Å². The quantitative estimate of drug-likeness (QED) is 0.209. The van der Waals surface area contributed by atoms with Crippen LogP contribution in [0.4, 0.5) is 4.39 Å². The fraction of sp³-hybridized carbons (Fsp3) is 0.219. The first-order chi connectivity index (χ1) is 19.2. The third-order valence-electron chi connectivity index (χ3n) is 7.85. The highest BCUT2D eigenvalue weighted by molar-refractivity contribution is 6.01. The first-order valence-corrected chi connectivity index (χ1v) is 13.6. The van der Waals surface area contributed by atoms with Crippen LogP contribution < -0.4 is 5.32 Å². The minimum Gasteiger partial charge on any atom is -0.353 e. The van der Waals surface area contributed by atoms with Gasteiger partial charge in [-0.05, 0) is 78.4 Å². The van der Waals surface area contributed by atoms with E-state index in [1.165, 1.54) is 37.8 Å². The van der Waals surface area contributed by atoms with Gasteiger partial charge in [0.2, 0.25) is 0 Å². The van der Waals surface area contributed by atoms with Gasteiger partial charge in [0.05, 0.1) is 23.1 Å². The lowest BCUT2D eigenvalue weighted by Gasteiger charge is -2.11. The average molecular weight is 517 g/mol.